The van der Waals surface area contributed by atoms with Gasteiger partial charge in [0.2, 0.25) is 0 Å². The fraction of sp³-hybridized carbons (Fsp3) is 0.625. The summed E-state index contributed by atoms with van der Waals surface area (Å²) in [6, 6.07) is 5.10. The lowest BCUT2D eigenvalue weighted by molar-refractivity contribution is -0.134. The van der Waals surface area contributed by atoms with Crippen LogP contribution >= 0.6 is 0 Å². The average molecular weight is 439 g/mol. The van der Waals surface area contributed by atoms with Crippen LogP contribution in [0.2, 0.25) is 0 Å². The van der Waals surface area contributed by atoms with Crippen LogP contribution in [-0.2, 0) is 14.9 Å². The van der Waals surface area contributed by atoms with E-state index in [0.717, 1.165) is 6.42 Å². The van der Waals surface area contributed by atoms with Crippen LogP contribution in [-0.4, -0.2) is 18.9 Å². The van der Waals surface area contributed by atoms with Gasteiger partial charge in [-0.2, -0.15) is 8.42 Å². The highest BCUT2D eigenvalue weighted by atomic mass is 32.2. The van der Waals surface area contributed by atoms with Crippen LogP contribution in [0.15, 0.2) is 41.3 Å². The minimum absolute atomic E-state index is 0.229. The zero-order chi connectivity index (χ0) is 22.1. The third kappa shape index (κ3) is 13.5. The summed E-state index contributed by atoms with van der Waals surface area (Å²) in [4.78, 5) is 11.6. The molecule has 170 valence electrons. The summed E-state index contributed by atoms with van der Waals surface area (Å²) in [6.45, 7) is 2.25. The Morgan fingerprint density at radius 1 is 0.833 bits per heavy atom. The van der Waals surface area contributed by atoms with E-state index in [-0.39, 0.29) is 23.0 Å². The van der Waals surface area contributed by atoms with E-state index in [1.54, 1.807) is 0 Å². The van der Waals surface area contributed by atoms with E-state index in [1.165, 1.54) is 94.9 Å². The molecule has 0 aromatic heterocycles. The van der Waals surface area contributed by atoms with Gasteiger partial charge >= 0.3 is 5.97 Å². The van der Waals surface area contributed by atoms with Gasteiger partial charge in [-0.3, -0.25) is 9.35 Å². The van der Waals surface area contributed by atoms with Crippen molar-refractivity contribution in [3.63, 3.8) is 0 Å². The maximum Gasteiger partial charge on any atom is 0.311 e. The van der Waals surface area contributed by atoms with Crippen molar-refractivity contribution in [1.29, 1.82) is 0 Å². The Balaban J connectivity index is 1.99. The van der Waals surface area contributed by atoms with Crippen LogP contribution in [0, 0.1) is 0 Å². The fourth-order valence-corrected chi connectivity index (χ4v) is 3.71. The zero-order valence-electron chi connectivity index (χ0n) is 18.4. The second-order valence-electron chi connectivity index (χ2n) is 7.75. The molecule has 0 atom stereocenters. The molecule has 0 heterocycles. The van der Waals surface area contributed by atoms with Crippen molar-refractivity contribution in [3.05, 3.63) is 36.4 Å². The van der Waals surface area contributed by atoms with E-state index >= 15 is 0 Å². The van der Waals surface area contributed by atoms with E-state index in [1.807, 2.05) is 6.08 Å². The minimum atomic E-state index is -4.24. The van der Waals surface area contributed by atoms with Gasteiger partial charge in [0.25, 0.3) is 10.1 Å². The SMILES string of the molecule is CCCCCCCCCCCCCC=CCCC(=O)Oc1ccc(S(=O)(=O)O)cc1. The molecule has 1 N–H and O–H groups in total. The lowest BCUT2D eigenvalue weighted by Gasteiger charge is -2.04. The van der Waals surface area contributed by atoms with Crippen molar-refractivity contribution < 1.29 is 22.5 Å². The summed E-state index contributed by atoms with van der Waals surface area (Å²) in [6.07, 6.45) is 20.8. The molecular weight excluding hydrogens is 400 g/mol. The molecule has 0 saturated heterocycles. The van der Waals surface area contributed by atoms with Gasteiger partial charge in [0, 0.05) is 6.42 Å². The third-order valence-corrected chi connectivity index (χ3v) is 5.88. The second-order valence-corrected chi connectivity index (χ2v) is 9.18. The Morgan fingerprint density at radius 3 is 1.87 bits per heavy atom. The molecule has 0 aliphatic heterocycles. The number of allylic oxidation sites excluding steroid dienone is 2. The maximum atomic E-state index is 11.8. The smallest absolute Gasteiger partial charge is 0.311 e. The molecule has 0 radical (unpaired) electrons. The van der Waals surface area contributed by atoms with Crippen LogP contribution in [0.1, 0.15) is 96.8 Å². The zero-order valence-corrected chi connectivity index (χ0v) is 19.2. The van der Waals surface area contributed by atoms with Gasteiger partial charge in [0.1, 0.15) is 5.75 Å². The van der Waals surface area contributed by atoms with Gasteiger partial charge in [-0.05, 0) is 43.5 Å². The highest BCUT2D eigenvalue weighted by molar-refractivity contribution is 7.85. The number of benzene rings is 1. The summed E-state index contributed by atoms with van der Waals surface area (Å²) >= 11 is 0. The van der Waals surface area contributed by atoms with Crippen molar-refractivity contribution in [2.45, 2.75) is 102 Å². The fourth-order valence-electron chi connectivity index (χ4n) is 3.23. The van der Waals surface area contributed by atoms with E-state index in [4.69, 9.17) is 9.29 Å². The molecule has 0 saturated carbocycles. The number of carbonyl (C=O) groups is 1. The molecule has 6 heteroatoms. The standard InChI is InChI=1S/C24H38O5S/c1-2-3-4-5-6-7-8-9-10-11-12-13-14-15-16-17-24(25)29-22-18-20-23(21-19-22)30(26,27)28/h14-15,18-21H,2-13,16-17H2,1H3,(H,26,27,28). The largest absolute Gasteiger partial charge is 0.427 e. The summed E-state index contributed by atoms with van der Waals surface area (Å²) in [7, 11) is -4.24. The molecule has 0 aliphatic carbocycles. The number of hydrogen-bond acceptors (Lipinski definition) is 4. The third-order valence-electron chi connectivity index (χ3n) is 5.01. The topological polar surface area (TPSA) is 80.7 Å². The van der Waals surface area contributed by atoms with E-state index in [9.17, 15) is 13.2 Å². The first kappa shape index (κ1) is 26.4. The molecule has 0 unspecified atom stereocenters. The lowest BCUT2D eigenvalue weighted by atomic mass is 10.1. The number of ether oxygens (including phenoxy) is 1. The minimum Gasteiger partial charge on any atom is -0.427 e. The van der Waals surface area contributed by atoms with Gasteiger partial charge < -0.3 is 4.74 Å². The predicted molar refractivity (Wildman–Crippen MR) is 121 cm³/mol. The van der Waals surface area contributed by atoms with Crippen molar-refractivity contribution in [2.75, 3.05) is 0 Å². The summed E-state index contributed by atoms with van der Waals surface area (Å²) in [5, 5.41) is 0. The quantitative estimate of drug-likeness (QED) is 0.0943. The highest BCUT2D eigenvalue weighted by Gasteiger charge is 2.10. The average Bonchev–Trinajstić information content (AvgIpc) is 2.70. The molecule has 0 bridgehead atoms. The maximum absolute atomic E-state index is 11.8. The number of rotatable bonds is 17. The first-order valence-corrected chi connectivity index (χ1v) is 12.8. The van der Waals surface area contributed by atoms with Crippen LogP contribution in [0.25, 0.3) is 0 Å². The molecule has 1 rings (SSSR count). The number of unbranched alkanes of at least 4 members (excludes halogenated alkanes) is 11. The van der Waals surface area contributed by atoms with Gasteiger partial charge in [0.05, 0.1) is 4.90 Å². The van der Waals surface area contributed by atoms with E-state index in [2.05, 4.69) is 13.0 Å². The Bertz CT molecular complexity index is 708. The van der Waals surface area contributed by atoms with Crippen LogP contribution < -0.4 is 4.74 Å². The molecule has 30 heavy (non-hydrogen) atoms. The first-order valence-electron chi connectivity index (χ1n) is 11.4. The predicted octanol–water partition coefficient (Wildman–Crippen LogP) is 6.88. The normalized spacial score (nSPS) is 11.8. The lowest BCUT2D eigenvalue weighted by Crippen LogP contribution is -2.07. The first-order chi connectivity index (χ1) is 14.4. The molecule has 0 amide bonds. The Morgan fingerprint density at radius 2 is 1.33 bits per heavy atom. The summed E-state index contributed by atoms with van der Waals surface area (Å²) in [5.74, 6) is -0.105. The molecule has 0 fully saturated rings. The monoisotopic (exact) mass is 438 g/mol. The van der Waals surface area contributed by atoms with Crippen molar-refractivity contribution in [1.82, 2.24) is 0 Å². The number of hydrogen-bond donors (Lipinski definition) is 1. The molecule has 5 nitrogen and oxygen atoms in total. The van der Waals surface area contributed by atoms with Crippen LogP contribution in [0.3, 0.4) is 0 Å². The molecule has 0 aliphatic rings. The summed E-state index contributed by atoms with van der Waals surface area (Å²) < 4.78 is 36.0. The Labute approximate surface area is 182 Å². The Hall–Kier alpha value is -1.66. The Kier molecular flexibility index (Phi) is 14.1. The second kappa shape index (κ2) is 16.1. The molecule has 1 aromatic carbocycles. The number of esters is 1. The van der Waals surface area contributed by atoms with E-state index < -0.39 is 10.1 Å². The van der Waals surface area contributed by atoms with Crippen molar-refractivity contribution in [2.24, 2.45) is 0 Å². The molecular formula is C24H38O5S. The van der Waals surface area contributed by atoms with Crippen molar-refractivity contribution >= 4 is 16.1 Å². The van der Waals surface area contributed by atoms with Gasteiger partial charge in [0.15, 0.2) is 0 Å². The van der Waals surface area contributed by atoms with Gasteiger partial charge in [-0.1, -0.05) is 83.3 Å². The van der Waals surface area contributed by atoms with Crippen molar-refractivity contribution in [3.8, 4) is 5.75 Å². The van der Waals surface area contributed by atoms with Gasteiger partial charge in [-0.15, -0.1) is 0 Å². The summed E-state index contributed by atoms with van der Waals surface area (Å²) in [5.41, 5.74) is 0. The molecule has 0 spiro atoms. The van der Waals surface area contributed by atoms with Crippen LogP contribution in [0.4, 0.5) is 0 Å². The van der Waals surface area contributed by atoms with Crippen LogP contribution in [0.5, 0.6) is 5.75 Å². The highest BCUT2D eigenvalue weighted by Crippen LogP contribution is 2.16. The number of carbonyl (C=O) groups excluding carboxylic acids is 1. The van der Waals surface area contributed by atoms with Gasteiger partial charge in [-0.25, -0.2) is 0 Å². The molecule has 1 aromatic rings. The van der Waals surface area contributed by atoms with E-state index in [0.29, 0.717) is 6.42 Å².